The number of aromatic nitrogens is 1. The Bertz CT molecular complexity index is 1420. The lowest BCUT2D eigenvalue weighted by atomic mass is 10.2. The fraction of sp³-hybridized carbons (Fsp3) is 0.0476. The van der Waals surface area contributed by atoms with Crippen molar-refractivity contribution < 1.29 is 17.6 Å². The van der Waals surface area contributed by atoms with E-state index in [0.717, 1.165) is 0 Å². The Labute approximate surface area is 188 Å². The molecular weight excluding hydrogens is 461 g/mol. The quantitative estimate of drug-likeness (QED) is 0.396. The van der Waals surface area contributed by atoms with Gasteiger partial charge in [0.15, 0.2) is 11.5 Å². The SMILES string of the molecule is Cc1nc2cc(NC(=O)c3ccc(Cl)c(S(=O)(=O)Nc4ccccc4Cl)c3)ccc2o1. The van der Waals surface area contributed by atoms with Gasteiger partial charge in [-0.25, -0.2) is 13.4 Å². The highest BCUT2D eigenvalue weighted by Crippen LogP contribution is 2.28. The van der Waals surface area contributed by atoms with Gasteiger partial charge in [-0.1, -0.05) is 35.3 Å². The number of aryl methyl sites for hydroxylation is 1. The Morgan fingerprint density at radius 3 is 2.55 bits per heavy atom. The molecule has 0 aliphatic rings. The first-order chi connectivity index (χ1) is 14.7. The molecule has 7 nitrogen and oxygen atoms in total. The van der Waals surface area contributed by atoms with Crippen LogP contribution in [0.3, 0.4) is 0 Å². The van der Waals surface area contributed by atoms with Crippen LogP contribution in [0, 0.1) is 6.92 Å². The number of amides is 1. The van der Waals surface area contributed by atoms with E-state index < -0.39 is 15.9 Å². The highest BCUT2D eigenvalue weighted by atomic mass is 35.5. The van der Waals surface area contributed by atoms with E-state index in [-0.39, 0.29) is 26.2 Å². The Kier molecular flexibility index (Phi) is 5.62. The van der Waals surface area contributed by atoms with Gasteiger partial charge in [0, 0.05) is 18.2 Å². The minimum Gasteiger partial charge on any atom is -0.441 e. The number of fused-ring (bicyclic) bond motifs is 1. The molecule has 0 fully saturated rings. The molecule has 1 aromatic heterocycles. The van der Waals surface area contributed by atoms with Crippen molar-refractivity contribution in [1.29, 1.82) is 0 Å². The van der Waals surface area contributed by atoms with Gasteiger partial charge in [-0.2, -0.15) is 0 Å². The van der Waals surface area contributed by atoms with Gasteiger partial charge in [0.05, 0.1) is 15.7 Å². The molecule has 0 saturated carbocycles. The number of hydrogen-bond acceptors (Lipinski definition) is 5. The van der Waals surface area contributed by atoms with Crippen LogP contribution in [0.2, 0.25) is 10.0 Å². The van der Waals surface area contributed by atoms with Crippen LogP contribution in [0.15, 0.2) is 70.0 Å². The third kappa shape index (κ3) is 4.51. The second-order valence-electron chi connectivity index (χ2n) is 6.60. The van der Waals surface area contributed by atoms with E-state index in [1.807, 2.05) is 0 Å². The molecule has 0 aliphatic carbocycles. The van der Waals surface area contributed by atoms with E-state index in [0.29, 0.717) is 22.7 Å². The standard InChI is InChI=1S/C21H15Cl2N3O4S/c1-12-24-18-11-14(7-9-19(18)30-12)25-21(27)13-6-8-16(23)20(10-13)31(28,29)26-17-5-3-2-4-15(17)22/h2-11,26H,1H3,(H,25,27). The summed E-state index contributed by atoms with van der Waals surface area (Å²) in [7, 11) is -4.09. The summed E-state index contributed by atoms with van der Waals surface area (Å²) in [5.74, 6) is 0.00229. The van der Waals surface area contributed by atoms with E-state index in [1.54, 1.807) is 43.3 Å². The first kappa shape index (κ1) is 21.2. The molecule has 4 rings (SSSR count). The minimum atomic E-state index is -4.09. The molecule has 3 aromatic carbocycles. The number of carbonyl (C=O) groups is 1. The summed E-state index contributed by atoms with van der Waals surface area (Å²) < 4.78 is 33.5. The first-order valence-corrected chi connectivity index (χ1v) is 11.2. The van der Waals surface area contributed by atoms with Gasteiger partial charge in [0.2, 0.25) is 0 Å². The second kappa shape index (κ2) is 8.22. The maximum atomic E-state index is 12.9. The third-order valence-corrected chi connectivity index (χ3v) is 6.53. The summed E-state index contributed by atoms with van der Waals surface area (Å²) >= 11 is 12.2. The molecule has 0 saturated heterocycles. The van der Waals surface area contributed by atoms with Gasteiger partial charge in [-0.15, -0.1) is 0 Å². The summed E-state index contributed by atoms with van der Waals surface area (Å²) in [6, 6.07) is 15.4. The smallest absolute Gasteiger partial charge is 0.263 e. The third-order valence-electron chi connectivity index (χ3n) is 4.35. The van der Waals surface area contributed by atoms with Gasteiger partial charge in [0.1, 0.15) is 10.4 Å². The number of carbonyl (C=O) groups excluding carboxylic acids is 1. The lowest BCUT2D eigenvalue weighted by Crippen LogP contribution is -2.16. The summed E-state index contributed by atoms with van der Waals surface area (Å²) in [4.78, 5) is 16.7. The van der Waals surface area contributed by atoms with Gasteiger partial charge < -0.3 is 9.73 Å². The maximum absolute atomic E-state index is 12.9. The maximum Gasteiger partial charge on any atom is 0.263 e. The number of halogens is 2. The lowest BCUT2D eigenvalue weighted by Gasteiger charge is -2.12. The second-order valence-corrected chi connectivity index (χ2v) is 9.07. The molecule has 31 heavy (non-hydrogen) atoms. The van der Waals surface area contributed by atoms with Gasteiger partial charge in [-0.05, 0) is 48.5 Å². The van der Waals surface area contributed by atoms with E-state index in [9.17, 15) is 13.2 Å². The van der Waals surface area contributed by atoms with Gasteiger partial charge >= 0.3 is 0 Å². The molecule has 2 N–H and O–H groups in total. The summed E-state index contributed by atoms with van der Waals surface area (Å²) in [5.41, 5.74) is 1.99. The number of para-hydroxylation sites is 1. The van der Waals surface area contributed by atoms with Crippen molar-refractivity contribution in [3.8, 4) is 0 Å². The molecule has 0 bridgehead atoms. The van der Waals surface area contributed by atoms with Crippen LogP contribution in [-0.2, 0) is 10.0 Å². The molecule has 1 heterocycles. The van der Waals surface area contributed by atoms with Crippen LogP contribution in [0.1, 0.15) is 16.2 Å². The lowest BCUT2D eigenvalue weighted by molar-refractivity contribution is 0.102. The van der Waals surface area contributed by atoms with Crippen LogP contribution in [-0.4, -0.2) is 19.3 Å². The van der Waals surface area contributed by atoms with Crippen molar-refractivity contribution in [3.05, 3.63) is 82.2 Å². The Hall–Kier alpha value is -3.07. The number of nitrogens with one attached hydrogen (secondary N) is 2. The summed E-state index contributed by atoms with van der Waals surface area (Å²) in [5, 5.41) is 2.92. The van der Waals surface area contributed by atoms with Crippen LogP contribution in [0.5, 0.6) is 0 Å². The average molecular weight is 476 g/mol. The number of rotatable bonds is 5. The Balaban J connectivity index is 1.61. The van der Waals surface area contributed by atoms with Crippen molar-refractivity contribution >= 4 is 61.6 Å². The monoisotopic (exact) mass is 475 g/mol. The molecule has 4 aromatic rings. The fourth-order valence-corrected chi connectivity index (χ4v) is 4.76. The van der Waals surface area contributed by atoms with E-state index in [4.69, 9.17) is 27.6 Å². The minimum absolute atomic E-state index is 0.0319. The molecule has 0 spiro atoms. The predicted molar refractivity (Wildman–Crippen MR) is 120 cm³/mol. The number of nitrogens with zero attached hydrogens (tertiary/aromatic N) is 1. The number of hydrogen-bond donors (Lipinski definition) is 2. The van der Waals surface area contributed by atoms with Crippen LogP contribution >= 0.6 is 23.2 Å². The first-order valence-electron chi connectivity index (χ1n) is 8.98. The number of oxazole rings is 1. The van der Waals surface area contributed by atoms with Crippen LogP contribution in [0.4, 0.5) is 11.4 Å². The topological polar surface area (TPSA) is 101 Å². The molecular formula is C21H15Cl2N3O4S. The number of sulfonamides is 1. The van der Waals surface area contributed by atoms with Crippen molar-refractivity contribution in [2.75, 3.05) is 10.0 Å². The van der Waals surface area contributed by atoms with E-state index in [1.165, 1.54) is 24.3 Å². The predicted octanol–water partition coefficient (Wildman–Crippen LogP) is 5.50. The fourth-order valence-electron chi connectivity index (χ4n) is 2.92. The van der Waals surface area contributed by atoms with Crippen molar-refractivity contribution in [1.82, 2.24) is 4.98 Å². The zero-order valence-electron chi connectivity index (χ0n) is 16.0. The Morgan fingerprint density at radius 1 is 1.00 bits per heavy atom. The molecule has 10 heteroatoms. The molecule has 0 atom stereocenters. The normalized spacial score (nSPS) is 11.5. The van der Waals surface area contributed by atoms with Crippen molar-refractivity contribution in [2.24, 2.45) is 0 Å². The van der Waals surface area contributed by atoms with Crippen LogP contribution in [0.25, 0.3) is 11.1 Å². The molecule has 0 radical (unpaired) electrons. The molecule has 0 unspecified atom stereocenters. The van der Waals surface area contributed by atoms with Crippen LogP contribution < -0.4 is 10.0 Å². The largest absolute Gasteiger partial charge is 0.441 e. The average Bonchev–Trinajstić information content (AvgIpc) is 3.09. The summed E-state index contributed by atoms with van der Waals surface area (Å²) in [6.07, 6.45) is 0. The summed E-state index contributed by atoms with van der Waals surface area (Å²) in [6.45, 7) is 1.73. The highest BCUT2D eigenvalue weighted by molar-refractivity contribution is 7.92. The van der Waals surface area contributed by atoms with Gasteiger partial charge in [-0.3, -0.25) is 9.52 Å². The zero-order chi connectivity index (χ0) is 22.2. The molecule has 1 amide bonds. The molecule has 0 aliphatic heterocycles. The van der Waals surface area contributed by atoms with E-state index in [2.05, 4.69) is 15.0 Å². The number of anilines is 2. The van der Waals surface area contributed by atoms with Gasteiger partial charge in [0.25, 0.3) is 15.9 Å². The van der Waals surface area contributed by atoms with E-state index >= 15 is 0 Å². The Morgan fingerprint density at radius 2 is 1.77 bits per heavy atom. The number of benzene rings is 3. The van der Waals surface area contributed by atoms with Crippen molar-refractivity contribution in [3.63, 3.8) is 0 Å². The highest BCUT2D eigenvalue weighted by Gasteiger charge is 2.21. The van der Waals surface area contributed by atoms with Crippen molar-refractivity contribution in [2.45, 2.75) is 11.8 Å². The zero-order valence-corrected chi connectivity index (χ0v) is 18.3. The molecule has 158 valence electrons.